The van der Waals surface area contributed by atoms with E-state index in [9.17, 15) is 9.18 Å². The zero-order valence-electron chi connectivity index (χ0n) is 4.21. The van der Waals surface area contributed by atoms with Crippen molar-refractivity contribution >= 4 is 29.0 Å². The van der Waals surface area contributed by atoms with Gasteiger partial charge < -0.3 is 0 Å². The molecular weight excluding hydrogens is 147 g/mol. The number of rotatable bonds is 0. The van der Waals surface area contributed by atoms with Crippen LogP contribution in [0.25, 0.3) is 0 Å². The van der Waals surface area contributed by atoms with E-state index < -0.39 is 12.1 Å². The molecule has 1 heterocycles. The van der Waals surface area contributed by atoms with Gasteiger partial charge in [-0.05, 0) is 11.6 Å². The predicted octanol–water partition coefficient (Wildman–Crippen LogP) is 0.530. The average Bonchev–Trinajstić information content (AvgIpc) is 1.80. The van der Waals surface area contributed by atoms with Crippen LogP contribution < -0.4 is 0 Å². The first-order valence-electron chi connectivity index (χ1n) is 2.16. The number of carbonyl (C=O) groups is 1. The van der Waals surface area contributed by atoms with E-state index in [-0.39, 0.29) is 5.29 Å². The molecule has 3 nitrogen and oxygen atoms in total. The third kappa shape index (κ3) is 1.32. The normalized spacial score (nSPS) is 26.2. The van der Waals surface area contributed by atoms with Gasteiger partial charge in [-0.25, -0.2) is 9.38 Å². The van der Waals surface area contributed by atoms with Crippen LogP contribution in [-0.4, -0.2) is 23.6 Å². The number of amidine groups is 1. The van der Waals surface area contributed by atoms with Crippen molar-refractivity contribution in [1.82, 2.24) is 0 Å². The summed E-state index contributed by atoms with van der Waals surface area (Å²) in [7, 11) is 0. The lowest BCUT2D eigenvalue weighted by molar-refractivity contribution is -0.120. The second kappa shape index (κ2) is 2.23. The van der Waals surface area contributed by atoms with Gasteiger partial charge in [0.1, 0.15) is 0 Å². The second-order valence-electron chi connectivity index (χ2n) is 1.40. The molecule has 1 unspecified atom stereocenters. The molecule has 5 heteroatoms. The number of carbonyl (C=O) groups excluding carboxylic acids is 1. The molecule has 1 aliphatic heterocycles. The summed E-state index contributed by atoms with van der Waals surface area (Å²) in [4.78, 5) is 16.6. The first kappa shape index (κ1) is 6.35. The van der Waals surface area contributed by atoms with Gasteiger partial charge in [0, 0.05) is 0 Å². The van der Waals surface area contributed by atoms with Gasteiger partial charge in [0.15, 0.2) is 0 Å². The Morgan fingerprint density at radius 1 is 1.78 bits per heavy atom. The highest BCUT2D eigenvalue weighted by molar-refractivity contribution is 6.66. The minimum atomic E-state index is -1.72. The van der Waals surface area contributed by atoms with E-state index in [1.807, 2.05) is 0 Å². The van der Waals surface area contributed by atoms with Crippen molar-refractivity contribution in [3.8, 4) is 0 Å². The molecule has 0 aromatic heterocycles. The highest BCUT2D eigenvalue weighted by Gasteiger charge is 2.17. The fourth-order valence-electron chi connectivity index (χ4n) is 0.372. The largest absolute Gasteiger partial charge is 0.288 e. The fraction of sp³-hybridized carbons (Fsp3) is 0.250. The molecule has 0 spiro atoms. The van der Waals surface area contributed by atoms with Gasteiger partial charge in [-0.1, -0.05) is 0 Å². The summed E-state index contributed by atoms with van der Waals surface area (Å²) in [6.45, 7) is 0. The maximum Gasteiger partial charge on any atom is 0.288 e. The minimum absolute atomic E-state index is 0.214. The quantitative estimate of drug-likeness (QED) is 0.462. The van der Waals surface area contributed by atoms with E-state index in [1.54, 1.807) is 0 Å². The van der Waals surface area contributed by atoms with Gasteiger partial charge >= 0.3 is 0 Å². The van der Waals surface area contributed by atoms with E-state index in [2.05, 4.69) is 9.98 Å². The zero-order chi connectivity index (χ0) is 6.85. The Kier molecular flexibility index (Phi) is 1.57. The molecule has 1 amide bonds. The zero-order valence-corrected chi connectivity index (χ0v) is 4.97. The van der Waals surface area contributed by atoms with Crippen molar-refractivity contribution in [2.75, 3.05) is 0 Å². The molecule has 1 rings (SSSR count). The molecular formula is C4H2ClFN2O. The van der Waals surface area contributed by atoms with Crippen molar-refractivity contribution < 1.29 is 9.18 Å². The molecule has 0 bridgehead atoms. The van der Waals surface area contributed by atoms with Crippen molar-refractivity contribution in [2.24, 2.45) is 9.98 Å². The Labute approximate surface area is 55.2 Å². The Morgan fingerprint density at radius 3 is 2.89 bits per heavy atom. The summed E-state index contributed by atoms with van der Waals surface area (Å²) >= 11 is 5.14. The average molecular weight is 149 g/mol. The lowest BCUT2D eigenvalue weighted by Crippen LogP contribution is -2.19. The standard InChI is InChI=1S/C4H2ClFN2O/c5-4-7-1-2(6)3(9)8-4/h1-2H. The van der Waals surface area contributed by atoms with Crippen molar-refractivity contribution in [3.05, 3.63) is 0 Å². The predicted molar refractivity (Wildman–Crippen MR) is 31.7 cm³/mol. The number of hydrogen-bond donors (Lipinski definition) is 0. The molecule has 0 saturated carbocycles. The third-order valence-corrected chi connectivity index (χ3v) is 0.932. The molecule has 0 aliphatic carbocycles. The summed E-state index contributed by atoms with van der Waals surface area (Å²) in [5, 5.41) is -0.214. The number of aliphatic imine (C=N–C) groups is 2. The summed E-state index contributed by atoms with van der Waals surface area (Å²) in [5.74, 6) is -0.894. The fourth-order valence-corrected chi connectivity index (χ4v) is 0.512. The molecule has 0 radical (unpaired) electrons. The molecule has 0 fully saturated rings. The van der Waals surface area contributed by atoms with Crippen LogP contribution in [0.1, 0.15) is 0 Å². The van der Waals surface area contributed by atoms with Gasteiger partial charge in [-0.15, -0.1) is 0 Å². The molecule has 0 aromatic rings. The van der Waals surface area contributed by atoms with Gasteiger partial charge in [-0.2, -0.15) is 4.99 Å². The maximum atomic E-state index is 12.1. The van der Waals surface area contributed by atoms with Crippen LogP contribution in [0.5, 0.6) is 0 Å². The lowest BCUT2D eigenvalue weighted by Gasteiger charge is -1.99. The lowest BCUT2D eigenvalue weighted by atomic mass is 10.4. The molecule has 0 aromatic carbocycles. The van der Waals surface area contributed by atoms with Crippen LogP contribution in [0.3, 0.4) is 0 Å². The monoisotopic (exact) mass is 148 g/mol. The van der Waals surface area contributed by atoms with Gasteiger partial charge in [0.05, 0.1) is 6.21 Å². The van der Waals surface area contributed by atoms with Gasteiger partial charge in [0.25, 0.3) is 5.91 Å². The maximum absolute atomic E-state index is 12.1. The Balaban J connectivity index is 2.82. The summed E-state index contributed by atoms with van der Waals surface area (Å²) in [5.41, 5.74) is 0. The van der Waals surface area contributed by atoms with Gasteiger partial charge in [0.2, 0.25) is 11.5 Å². The van der Waals surface area contributed by atoms with Crippen LogP contribution >= 0.6 is 11.6 Å². The molecule has 0 N–H and O–H groups in total. The van der Waals surface area contributed by atoms with E-state index in [0.717, 1.165) is 6.21 Å². The Bertz CT molecular complexity index is 201. The number of halogens is 2. The molecule has 48 valence electrons. The highest BCUT2D eigenvalue weighted by Crippen LogP contribution is 2.01. The molecule has 0 saturated heterocycles. The highest BCUT2D eigenvalue weighted by atomic mass is 35.5. The summed E-state index contributed by atoms with van der Waals surface area (Å²) in [6, 6.07) is 0. The topological polar surface area (TPSA) is 41.8 Å². The smallest absolute Gasteiger partial charge is 0.269 e. The van der Waals surface area contributed by atoms with Gasteiger partial charge in [-0.3, -0.25) is 4.79 Å². The first-order chi connectivity index (χ1) is 4.20. The summed E-state index contributed by atoms with van der Waals surface area (Å²) < 4.78 is 12.1. The minimum Gasteiger partial charge on any atom is -0.269 e. The number of hydrogen-bond acceptors (Lipinski definition) is 2. The number of alkyl halides is 1. The Morgan fingerprint density at radius 2 is 2.44 bits per heavy atom. The second-order valence-corrected chi connectivity index (χ2v) is 1.74. The molecule has 1 atom stereocenters. The number of nitrogens with zero attached hydrogens (tertiary/aromatic N) is 2. The van der Waals surface area contributed by atoms with Crippen molar-refractivity contribution in [3.63, 3.8) is 0 Å². The first-order valence-corrected chi connectivity index (χ1v) is 2.54. The summed E-state index contributed by atoms with van der Waals surface area (Å²) in [6.07, 6.45) is -0.898. The van der Waals surface area contributed by atoms with Crippen molar-refractivity contribution in [1.29, 1.82) is 0 Å². The van der Waals surface area contributed by atoms with E-state index in [4.69, 9.17) is 11.6 Å². The molecule has 1 aliphatic rings. The molecule has 9 heavy (non-hydrogen) atoms. The van der Waals surface area contributed by atoms with Crippen molar-refractivity contribution in [2.45, 2.75) is 6.17 Å². The van der Waals surface area contributed by atoms with E-state index in [0.29, 0.717) is 0 Å². The van der Waals surface area contributed by atoms with Crippen LogP contribution in [0.2, 0.25) is 0 Å². The number of amides is 1. The van der Waals surface area contributed by atoms with E-state index >= 15 is 0 Å². The van der Waals surface area contributed by atoms with Crippen LogP contribution in [0.4, 0.5) is 4.39 Å². The van der Waals surface area contributed by atoms with E-state index in [1.165, 1.54) is 0 Å². The SMILES string of the molecule is O=C1N=C(Cl)N=CC1F. The third-order valence-electron chi connectivity index (χ3n) is 0.750. The van der Waals surface area contributed by atoms with Crippen LogP contribution in [0, 0.1) is 0 Å². The van der Waals surface area contributed by atoms with Crippen LogP contribution in [-0.2, 0) is 4.79 Å². The Hall–Kier alpha value is -0.770. The van der Waals surface area contributed by atoms with Crippen LogP contribution in [0.15, 0.2) is 9.98 Å².